The number of methoxy groups -OCH3 is 1. The molecule has 3 rings (SSSR count). The number of H-pyrrole nitrogens is 1. The summed E-state index contributed by atoms with van der Waals surface area (Å²) in [7, 11) is 1.61. The number of hydrogen-bond donors (Lipinski definition) is 3. The Bertz CT molecular complexity index is 750. The number of nitrogens with two attached hydrogens (primary N) is 1. The number of fused-ring (bicyclic) bond motifs is 1. The van der Waals surface area contributed by atoms with Crippen LogP contribution in [0.5, 0.6) is 11.5 Å². The van der Waals surface area contributed by atoms with Gasteiger partial charge in [0.15, 0.2) is 0 Å². The van der Waals surface area contributed by atoms with Crippen molar-refractivity contribution in [2.24, 2.45) is 0 Å². The van der Waals surface area contributed by atoms with E-state index in [2.05, 4.69) is 9.97 Å². The van der Waals surface area contributed by atoms with Crippen LogP contribution in [0.25, 0.3) is 22.4 Å². The molecule has 0 aliphatic heterocycles. The fourth-order valence-corrected chi connectivity index (χ4v) is 2.00. The molecule has 0 fully saturated rings. The molecule has 0 bridgehead atoms. The lowest BCUT2D eigenvalue weighted by molar-refractivity contribution is 0.415. The van der Waals surface area contributed by atoms with E-state index < -0.39 is 0 Å². The van der Waals surface area contributed by atoms with E-state index in [1.165, 1.54) is 0 Å². The van der Waals surface area contributed by atoms with Gasteiger partial charge in [0.05, 0.1) is 29.4 Å². The van der Waals surface area contributed by atoms with Gasteiger partial charge in [-0.1, -0.05) is 6.07 Å². The van der Waals surface area contributed by atoms with Crippen LogP contribution in [-0.2, 0) is 0 Å². The fourth-order valence-electron chi connectivity index (χ4n) is 2.00. The maximum Gasteiger partial charge on any atom is 0.149 e. The number of aromatic hydroxyl groups is 1. The van der Waals surface area contributed by atoms with Crippen molar-refractivity contribution in [1.29, 1.82) is 0 Å². The Morgan fingerprint density at radius 1 is 1.26 bits per heavy atom. The monoisotopic (exact) mass is 255 g/mol. The first-order valence-corrected chi connectivity index (χ1v) is 5.80. The highest BCUT2D eigenvalue weighted by atomic mass is 16.5. The highest BCUT2D eigenvalue weighted by Gasteiger charge is 2.11. The SMILES string of the molecule is COc1ccc2nc(-c3cccc(N)c3O)[nH]c2c1. The molecule has 0 radical (unpaired) electrons. The minimum absolute atomic E-state index is 0.0357. The third-order valence-corrected chi connectivity index (χ3v) is 3.01. The maximum absolute atomic E-state index is 9.97. The summed E-state index contributed by atoms with van der Waals surface area (Å²) in [6.07, 6.45) is 0. The lowest BCUT2D eigenvalue weighted by atomic mass is 10.1. The number of phenolic OH excluding ortho intramolecular Hbond substituents is 1. The van der Waals surface area contributed by atoms with E-state index in [1.54, 1.807) is 25.3 Å². The Hall–Kier alpha value is -2.69. The Balaban J connectivity index is 2.18. The zero-order valence-corrected chi connectivity index (χ0v) is 10.3. The van der Waals surface area contributed by atoms with Crippen LogP contribution in [0.15, 0.2) is 36.4 Å². The van der Waals surface area contributed by atoms with Crippen LogP contribution in [-0.4, -0.2) is 22.2 Å². The predicted molar refractivity (Wildman–Crippen MR) is 74.2 cm³/mol. The zero-order chi connectivity index (χ0) is 13.4. The summed E-state index contributed by atoms with van der Waals surface area (Å²) < 4.78 is 5.16. The van der Waals surface area contributed by atoms with Gasteiger partial charge in [0.25, 0.3) is 0 Å². The van der Waals surface area contributed by atoms with Crippen LogP contribution in [0.3, 0.4) is 0 Å². The fraction of sp³-hybridized carbons (Fsp3) is 0.0714. The molecule has 0 saturated carbocycles. The topological polar surface area (TPSA) is 84.2 Å². The number of nitrogens with one attached hydrogen (secondary N) is 1. The molecule has 5 nitrogen and oxygen atoms in total. The molecular weight excluding hydrogens is 242 g/mol. The van der Waals surface area contributed by atoms with Crippen molar-refractivity contribution in [1.82, 2.24) is 9.97 Å². The van der Waals surface area contributed by atoms with E-state index in [0.29, 0.717) is 17.1 Å². The van der Waals surface area contributed by atoms with E-state index in [0.717, 1.165) is 16.8 Å². The van der Waals surface area contributed by atoms with E-state index in [1.807, 2.05) is 18.2 Å². The normalized spacial score (nSPS) is 10.8. The smallest absolute Gasteiger partial charge is 0.149 e. The van der Waals surface area contributed by atoms with E-state index >= 15 is 0 Å². The predicted octanol–water partition coefficient (Wildman–Crippen LogP) is 2.53. The molecule has 0 amide bonds. The highest BCUT2D eigenvalue weighted by molar-refractivity contribution is 5.83. The molecule has 0 unspecified atom stereocenters. The van der Waals surface area contributed by atoms with Crippen molar-refractivity contribution in [3.05, 3.63) is 36.4 Å². The molecule has 0 aliphatic rings. The van der Waals surface area contributed by atoms with E-state index in [-0.39, 0.29) is 5.75 Å². The molecule has 1 heterocycles. The van der Waals surface area contributed by atoms with Crippen molar-refractivity contribution in [2.75, 3.05) is 12.8 Å². The summed E-state index contributed by atoms with van der Waals surface area (Å²) in [4.78, 5) is 7.58. The number of imidazole rings is 1. The van der Waals surface area contributed by atoms with E-state index in [9.17, 15) is 5.11 Å². The van der Waals surface area contributed by atoms with E-state index in [4.69, 9.17) is 10.5 Å². The number of aromatic amines is 1. The molecule has 96 valence electrons. The average Bonchev–Trinajstić information content (AvgIpc) is 2.84. The summed E-state index contributed by atoms with van der Waals surface area (Å²) >= 11 is 0. The van der Waals surface area contributed by atoms with Crippen molar-refractivity contribution >= 4 is 16.7 Å². The Morgan fingerprint density at radius 2 is 2.11 bits per heavy atom. The molecule has 0 atom stereocenters. The van der Waals surface area contributed by atoms with Gasteiger partial charge in [-0.25, -0.2) is 4.98 Å². The number of rotatable bonds is 2. The molecule has 5 heteroatoms. The lowest BCUT2D eigenvalue weighted by Gasteiger charge is -2.03. The number of anilines is 1. The minimum Gasteiger partial charge on any atom is -0.505 e. The molecule has 2 aromatic carbocycles. The molecule has 0 spiro atoms. The molecule has 0 aliphatic carbocycles. The van der Waals surface area contributed by atoms with Crippen LogP contribution in [0, 0.1) is 0 Å². The van der Waals surface area contributed by atoms with Gasteiger partial charge in [0, 0.05) is 6.07 Å². The second kappa shape index (κ2) is 4.20. The number of benzene rings is 2. The number of ether oxygens (including phenoxy) is 1. The van der Waals surface area contributed by atoms with Gasteiger partial charge in [-0.05, 0) is 24.3 Å². The lowest BCUT2D eigenvalue weighted by Crippen LogP contribution is -1.88. The average molecular weight is 255 g/mol. The molecule has 1 aromatic heterocycles. The minimum atomic E-state index is 0.0357. The molecular formula is C14H13N3O2. The Kier molecular flexibility index (Phi) is 2.52. The van der Waals surface area contributed by atoms with Crippen molar-refractivity contribution in [3.63, 3.8) is 0 Å². The van der Waals surface area contributed by atoms with Crippen LogP contribution in [0.4, 0.5) is 5.69 Å². The molecule has 4 N–H and O–H groups in total. The van der Waals surface area contributed by atoms with Crippen LogP contribution in [0.1, 0.15) is 0 Å². The van der Waals surface area contributed by atoms with Crippen molar-refractivity contribution in [2.45, 2.75) is 0 Å². The molecule has 3 aromatic rings. The third kappa shape index (κ3) is 1.85. The third-order valence-electron chi connectivity index (χ3n) is 3.01. The number of para-hydroxylation sites is 1. The number of nitrogens with zero attached hydrogens (tertiary/aromatic N) is 1. The number of phenols is 1. The second-order valence-electron chi connectivity index (χ2n) is 4.21. The largest absolute Gasteiger partial charge is 0.505 e. The summed E-state index contributed by atoms with van der Waals surface area (Å²) in [5.74, 6) is 1.36. The van der Waals surface area contributed by atoms with Crippen molar-refractivity contribution in [3.8, 4) is 22.9 Å². The highest BCUT2D eigenvalue weighted by Crippen LogP contribution is 2.33. The Morgan fingerprint density at radius 3 is 2.89 bits per heavy atom. The Labute approximate surface area is 109 Å². The van der Waals surface area contributed by atoms with Crippen LogP contribution < -0.4 is 10.5 Å². The van der Waals surface area contributed by atoms with Gasteiger partial charge < -0.3 is 20.6 Å². The van der Waals surface area contributed by atoms with Gasteiger partial charge in [0.2, 0.25) is 0 Å². The quantitative estimate of drug-likeness (QED) is 0.485. The summed E-state index contributed by atoms with van der Waals surface area (Å²) in [5, 5.41) is 9.97. The number of aromatic nitrogens is 2. The summed E-state index contributed by atoms with van der Waals surface area (Å²) in [5.41, 5.74) is 8.24. The molecule has 0 saturated heterocycles. The van der Waals surface area contributed by atoms with Gasteiger partial charge in [0.1, 0.15) is 17.3 Å². The zero-order valence-electron chi connectivity index (χ0n) is 10.3. The van der Waals surface area contributed by atoms with Crippen molar-refractivity contribution < 1.29 is 9.84 Å². The second-order valence-corrected chi connectivity index (χ2v) is 4.21. The summed E-state index contributed by atoms with van der Waals surface area (Å²) in [6, 6.07) is 10.7. The van der Waals surface area contributed by atoms with Gasteiger partial charge in [-0.2, -0.15) is 0 Å². The number of nitrogen functional groups attached to an aromatic ring is 1. The standard InChI is InChI=1S/C14H13N3O2/c1-19-8-5-6-11-12(7-8)17-14(16-11)9-3-2-4-10(15)13(9)18/h2-7,18H,15H2,1H3,(H,16,17). The van der Waals surface area contributed by atoms with Crippen LogP contribution >= 0.6 is 0 Å². The van der Waals surface area contributed by atoms with Gasteiger partial charge in [-0.15, -0.1) is 0 Å². The summed E-state index contributed by atoms with van der Waals surface area (Å²) in [6.45, 7) is 0. The molecule has 19 heavy (non-hydrogen) atoms. The van der Waals surface area contributed by atoms with Crippen LogP contribution in [0.2, 0.25) is 0 Å². The first kappa shape index (κ1) is 11.4. The van der Waals surface area contributed by atoms with Gasteiger partial charge >= 0.3 is 0 Å². The number of hydrogen-bond acceptors (Lipinski definition) is 4. The first-order chi connectivity index (χ1) is 9.19. The first-order valence-electron chi connectivity index (χ1n) is 5.80. The van der Waals surface area contributed by atoms with Gasteiger partial charge in [-0.3, -0.25) is 0 Å². The maximum atomic E-state index is 9.97.